The molecule has 0 aromatic heterocycles. The first kappa shape index (κ1) is 6.74. The minimum atomic E-state index is 0.579. The molecule has 0 amide bonds. The summed E-state index contributed by atoms with van der Waals surface area (Å²) in [5.74, 6) is 0. The first-order valence-corrected chi connectivity index (χ1v) is 3.43. The molecule has 38 valence electrons. The first-order valence-electron chi connectivity index (χ1n) is 1.95. The van der Waals surface area contributed by atoms with Crippen LogP contribution in [-0.2, 0) is 3.97 Å². The lowest BCUT2D eigenvalue weighted by molar-refractivity contribution is 0.751. The molecule has 1 atom stereocenters. The van der Waals surface area contributed by atoms with Crippen LogP contribution in [0.15, 0.2) is 0 Å². The minimum absolute atomic E-state index is 0.579. The van der Waals surface area contributed by atoms with Crippen molar-refractivity contribution in [2.24, 2.45) is 0 Å². The summed E-state index contributed by atoms with van der Waals surface area (Å²) in [5, 5.41) is 0. The molecule has 0 bridgehead atoms. The van der Waals surface area contributed by atoms with Crippen LogP contribution < -0.4 is 0 Å². The van der Waals surface area contributed by atoms with Crippen LogP contribution >= 0.6 is 21.7 Å². The van der Waals surface area contributed by atoms with E-state index in [0.29, 0.717) is 8.81 Å². The highest BCUT2D eigenvalue weighted by molar-refractivity contribution is 7.78. The monoisotopic (exact) mass is 124 g/mol. The van der Waals surface area contributed by atoms with Crippen molar-refractivity contribution in [1.29, 1.82) is 0 Å². The lowest BCUT2D eigenvalue weighted by Crippen LogP contribution is -1.64. The van der Waals surface area contributed by atoms with E-state index in [1.54, 1.807) is 0 Å². The molecule has 0 aromatic rings. The first-order chi connectivity index (χ1) is 2.91. The average Bonchev–Trinajstić information content (AvgIpc) is 1.61. The van der Waals surface area contributed by atoms with Crippen LogP contribution in [-0.4, -0.2) is 6.16 Å². The highest BCUT2D eigenvalue weighted by Gasteiger charge is 1.75. The zero-order valence-corrected chi connectivity index (χ0v) is 5.66. The molecule has 0 aliphatic rings. The summed E-state index contributed by atoms with van der Waals surface area (Å²) >= 11 is 3.57. The van der Waals surface area contributed by atoms with Crippen molar-refractivity contribution in [3.63, 3.8) is 0 Å². The lowest BCUT2D eigenvalue weighted by Gasteiger charge is -1.87. The summed E-state index contributed by atoms with van der Waals surface area (Å²) in [6.45, 7) is 2.12. The molecular formula is C3H9OPS. The molecule has 1 unspecified atom stereocenters. The zero-order chi connectivity index (χ0) is 4.83. The van der Waals surface area contributed by atoms with E-state index in [4.69, 9.17) is 0 Å². The highest BCUT2D eigenvalue weighted by Crippen LogP contribution is 2.13. The summed E-state index contributed by atoms with van der Waals surface area (Å²) in [6.07, 6.45) is 2.34. The van der Waals surface area contributed by atoms with Gasteiger partial charge in [0.25, 0.3) is 0 Å². The Morgan fingerprint density at radius 3 is 2.67 bits per heavy atom. The molecule has 0 aliphatic carbocycles. The van der Waals surface area contributed by atoms with Gasteiger partial charge in [-0.15, -0.1) is 0 Å². The van der Waals surface area contributed by atoms with Crippen LogP contribution in [0.2, 0.25) is 0 Å². The molecule has 0 saturated heterocycles. The summed E-state index contributed by atoms with van der Waals surface area (Å²) in [4.78, 5) is 0. The molecule has 0 heterocycles. The molecule has 0 aliphatic heterocycles. The van der Waals surface area contributed by atoms with E-state index in [1.807, 2.05) is 0 Å². The van der Waals surface area contributed by atoms with Crippen molar-refractivity contribution in [3.05, 3.63) is 0 Å². The third-order valence-electron chi connectivity index (χ3n) is 0.417. The average molecular weight is 124 g/mol. The number of hydrogen-bond acceptors (Lipinski definition) is 2. The number of hydrogen-bond donors (Lipinski definition) is 1. The quantitative estimate of drug-likeness (QED) is 0.261. The van der Waals surface area contributed by atoms with Crippen molar-refractivity contribution in [1.82, 2.24) is 0 Å². The van der Waals surface area contributed by atoms with E-state index in [1.165, 1.54) is 6.42 Å². The van der Waals surface area contributed by atoms with Gasteiger partial charge in [-0.05, 0) is 19.1 Å². The van der Waals surface area contributed by atoms with Crippen LogP contribution in [0.4, 0.5) is 0 Å². The van der Waals surface area contributed by atoms with E-state index in [-0.39, 0.29) is 0 Å². The maximum Gasteiger partial charge on any atom is 0.0316 e. The van der Waals surface area contributed by atoms with E-state index in [0.717, 1.165) is 6.16 Å². The molecule has 0 saturated carbocycles. The molecule has 3 heteroatoms. The van der Waals surface area contributed by atoms with E-state index in [9.17, 15) is 0 Å². The Hall–Kier alpha value is 0.740. The third-order valence-corrected chi connectivity index (χ3v) is 1.64. The molecule has 1 nitrogen and oxygen atoms in total. The summed E-state index contributed by atoms with van der Waals surface area (Å²) < 4.78 is 4.50. The molecule has 6 heavy (non-hydrogen) atoms. The van der Waals surface area contributed by atoms with Gasteiger partial charge < -0.3 is 3.97 Å². The molecule has 0 fully saturated rings. The number of rotatable bonds is 3. The van der Waals surface area contributed by atoms with Crippen LogP contribution in [0.1, 0.15) is 13.3 Å². The highest BCUT2D eigenvalue weighted by atomic mass is 32.1. The fraction of sp³-hybridized carbons (Fsp3) is 1.00. The second-order valence-electron chi connectivity index (χ2n) is 0.986. The van der Waals surface area contributed by atoms with Crippen molar-refractivity contribution in [2.45, 2.75) is 13.3 Å². The van der Waals surface area contributed by atoms with Gasteiger partial charge in [-0.2, -0.15) is 0 Å². The Morgan fingerprint density at radius 1 is 1.83 bits per heavy atom. The topological polar surface area (TPSA) is 9.23 Å². The third kappa shape index (κ3) is 4.74. The standard InChI is InChI=1S/C3H9OPS/c1-2-3-5-4-6/h5-6H,2-3H2,1H3. The van der Waals surface area contributed by atoms with Gasteiger partial charge in [0.1, 0.15) is 0 Å². The Bertz CT molecular complexity index is 22.8. The lowest BCUT2D eigenvalue weighted by atomic mass is 10.6. The normalized spacial score (nSPS) is 11.0. The Balaban J connectivity index is 2.34. The molecule has 0 aromatic carbocycles. The minimum Gasteiger partial charge on any atom is -0.300 e. The van der Waals surface area contributed by atoms with E-state index < -0.39 is 0 Å². The second-order valence-corrected chi connectivity index (χ2v) is 2.50. The van der Waals surface area contributed by atoms with Gasteiger partial charge in [-0.25, -0.2) is 0 Å². The Labute approximate surface area is 45.9 Å². The van der Waals surface area contributed by atoms with Crippen molar-refractivity contribution in [3.8, 4) is 0 Å². The second kappa shape index (κ2) is 5.74. The number of thiol groups is 1. The molecule has 0 spiro atoms. The van der Waals surface area contributed by atoms with Gasteiger partial charge in [0.05, 0.1) is 0 Å². The van der Waals surface area contributed by atoms with E-state index in [2.05, 4.69) is 23.8 Å². The van der Waals surface area contributed by atoms with Gasteiger partial charge in [-0.1, -0.05) is 13.3 Å². The van der Waals surface area contributed by atoms with Gasteiger partial charge in [0.2, 0.25) is 0 Å². The van der Waals surface area contributed by atoms with Crippen LogP contribution in [0.3, 0.4) is 0 Å². The molecule has 0 radical (unpaired) electrons. The van der Waals surface area contributed by atoms with Crippen LogP contribution in [0.5, 0.6) is 0 Å². The van der Waals surface area contributed by atoms with Crippen molar-refractivity contribution >= 4 is 21.7 Å². The molecule has 0 N–H and O–H groups in total. The molecule has 0 rings (SSSR count). The summed E-state index contributed by atoms with van der Waals surface area (Å²) in [7, 11) is 0.579. The maximum atomic E-state index is 4.50. The fourth-order valence-corrected chi connectivity index (χ4v) is 0.717. The van der Waals surface area contributed by atoms with Gasteiger partial charge in [-0.3, -0.25) is 0 Å². The largest absolute Gasteiger partial charge is 0.300 e. The maximum absolute atomic E-state index is 4.50. The van der Waals surface area contributed by atoms with Crippen molar-refractivity contribution in [2.75, 3.05) is 6.16 Å². The SMILES string of the molecule is CCCPOS. The fourth-order valence-electron chi connectivity index (χ4n) is 0.148. The van der Waals surface area contributed by atoms with Gasteiger partial charge >= 0.3 is 0 Å². The Morgan fingerprint density at radius 2 is 2.50 bits per heavy atom. The van der Waals surface area contributed by atoms with Crippen LogP contribution in [0, 0.1) is 0 Å². The smallest absolute Gasteiger partial charge is 0.0316 e. The van der Waals surface area contributed by atoms with Crippen molar-refractivity contribution < 1.29 is 3.97 Å². The summed E-state index contributed by atoms with van der Waals surface area (Å²) in [6, 6.07) is 0. The molecular weight excluding hydrogens is 115 g/mol. The van der Waals surface area contributed by atoms with Gasteiger partial charge in [0, 0.05) is 8.81 Å². The van der Waals surface area contributed by atoms with Gasteiger partial charge in [0.15, 0.2) is 0 Å². The predicted octanol–water partition coefficient (Wildman–Crippen LogP) is 1.85. The zero-order valence-electron chi connectivity index (χ0n) is 3.77. The Kier molecular flexibility index (Phi) is 6.45. The van der Waals surface area contributed by atoms with E-state index >= 15 is 0 Å². The predicted molar refractivity (Wildman–Crippen MR) is 33.5 cm³/mol. The van der Waals surface area contributed by atoms with Crippen LogP contribution in [0.25, 0.3) is 0 Å². The summed E-state index contributed by atoms with van der Waals surface area (Å²) in [5.41, 5.74) is 0.